The fourth-order valence-electron chi connectivity index (χ4n) is 1.72. The first-order valence-electron chi connectivity index (χ1n) is 6.27. The van der Waals surface area contributed by atoms with Crippen LogP contribution in [-0.2, 0) is 15.9 Å². The topological polar surface area (TPSA) is 38.7 Å². The van der Waals surface area contributed by atoms with Crippen LogP contribution in [0.2, 0.25) is 6.04 Å². The van der Waals surface area contributed by atoms with Crippen LogP contribution in [0.5, 0.6) is 5.75 Å². The number of hydrogen-bond acceptors (Lipinski definition) is 3. The summed E-state index contributed by atoms with van der Waals surface area (Å²) in [7, 11) is -0.357. The lowest BCUT2D eigenvalue weighted by Gasteiger charge is -2.16. The molecule has 0 saturated carbocycles. The van der Waals surface area contributed by atoms with E-state index in [1.54, 1.807) is 12.1 Å². The summed E-state index contributed by atoms with van der Waals surface area (Å²) in [6.45, 7) is 5.44. The molecule has 0 radical (unpaired) electrons. The van der Waals surface area contributed by atoms with Gasteiger partial charge < -0.3 is 14.6 Å². The Labute approximate surface area is 106 Å². The zero-order chi connectivity index (χ0) is 12.5. The molecule has 1 aromatic carbocycles. The second-order valence-corrected chi connectivity index (χ2v) is 5.85. The van der Waals surface area contributed by atoms with Gasteiger partial charge in [0.25, 0.3) is 0 Å². The van der Waals surface area contributed by atoms with Crippen molar-refractivity contribution in [2.45, 2.75) is 32.2 Å². The van der Waals surface area contributed by atoms with Crippen LogP contribution >= 0.6 is 0 Å². The molecule has 0 fully saturated rings. The molecule has 0 aliphatic rings. The standard InChI is InChI=1S/C13H22O3Si/c1-3-15-13(16-4-2)17-10-9-11-5-7-12(14)8-6-11/h5-8,13-14H,3-4,9-10,17H2,1-2H3. The lowest BCUT2D eigenvalue weighted by atomic mass is 10.2. The average Bonchev–Trinajstić information content (AvgIpc) is 2.32. The van der Waals surface area contributed by atoms with E-state index in [0.29, 0.717) is 5.75 Å². The van der Waals surface area contributed by atoms with E-state index < -0.39 is 0 Å². The second-order valence-electron chi connectivity index (χ2n) is 3.90. The summed E-state index contributed by atoms with van der Waals surface area (Å²) in [4.78, 5) is 0. The van der Waals surface area contributed by atoms with Crippen molar-refractivity contribution in [3.8, 4) is 5.75 Å². The molecule has 0 atom stereocenters. The Bertz CT molecular complexity index is 294. The van der Waals surface area contributed by atoms with E-state index in [1.807, 2.05) is 26.0 Å². The van der Waals surface area contributed by atoms with Crippen LogP contribution in [0.3, 0.4) is 0 Å². The molecule has 17 heavy (non-hydrogen) atoms. The minimum absolute atomic E-state index is 0.0575. The van der Waals surface area contributed by atoms with Crippen LogP contribution in [-0.4, -0.2) is 33.8 Å². The van der Waals surface area contributed by atoms with Gasteiger partial charge in [0.05, 0.1) is 9.52 Å². The van der Waals surface area contributed by atoms with Crippen molar-refractivity contribution in [2.24, 2.45) is 0 Å². The van der Waals surface area contributed by atoms with Crippen molar-refractivity contribution in [3.63, 3.8) is 0 Å². The number of rotatable bonds is 8. The summed E-state index contributed by atoms with van der Waals surface area (Å²) >= 11 is 0. The number of phenolic OH excluding ortho intramolecular Hbond substituents is 1. The van der Waals surface area contributed by atoms with Crippen LogP contribution in [0.1, 0.15) is 19.4 Å². The monoisotopic (exact) mass is 254 g/mol. The molecular formula is C13H22O3Si. The first-order valence-corrected chi connectivity index (χ1v) is 8.09. The van der Waals surface area contributed by atoms with E-state index in [-0.39, 0.29) is 15.4 Å². The molecule has 0 aliphatic carbocycles. The van der Waals surface area contributed by atoms with Crippen molar-refractivity contribution in [1.29, 1.82) is 0 Å². The van der Waals surface area contributed by atoms with Gasteiger partial charge in [-0.3, -0.25) is 0 Å². The Morgan fingerprint density at radius 3 is 2.24 bits per heavy atom. The number of hydrogen-bond donors (Lipinski definition) is 1. The molecule has 0 spiro atoms. The van der Waals surface area contributed by atoms with Crippen molar-refractivity contribution in [3.05, 3.63) is 29.8 Å². The van der Waals surface area contributed by atoms with Crippen molar-refractivity contribution < 1.29 is 14.6 Å². The van der Waals surface area contributed by atoms with Crippen molar-refractivity contribution in [2.75, 3.05) is 13.2 Å². The number of aromatic hydroxyl groups is 1. The summed E-state index contributed by atoms with van der Waals surface area (Å²) in [5, 5.41) is 9.18. The van der Waals surface area contributed by atoms with Crippen LogP contribution < -0.4 is 0 Å². The Morgan fingerprint density at radius 1 is 1.12 bits per heavy atom. The summed E-state index contributed by atoms with van der Waals surface area (Å²) in [6.07, 6.45) is 1.04. The zero-order valence-electron chi connectivity index (χ0n) is 10.7. The quantitative estimate of drug-likeness (QED) is 0.568. The number of ether oxygens (including phenoxy) is 2. The smallest absolute Gasteiger partial charge is 0.134 e. The van der Waals surface area contributed by atoms with E-state index in [1.165, 1.54) is 5.56 Å². The Hall–Kier alpha value is -0.843. The second kappa shape index (κ2) is 8.28. The third-order valence-electron chi connectivity index (χ3n) is 2.55. The van der Waals surface area contributed by atoms with Gasteiger partial charge in [-0.2, -0.15) is 0 Å². The molecule has 1 N–H and O–H groups in total. The van der Waals surface area contributed by atoms with Crippen LogP contribution in [0, 0.1) is 0 Å². The molecule has 0 heterocycles. The number of benzene rings is 1. The summed E-state index contributed by atoms with van der Waals surface area (Å²) in [5.74, 6) is 0.384. The maximum absolute atomic E-state index is 9.18. The third-order valence-corrected chi connectivity index (χ3v) is 4.25. The van der Waals surface area contributed by atoms with Crippen LogP contribution in [0.25, 0.3) is 0 Å². The summed E-state index contributed by atoms with van der Waals surface area (Å²) < 4.78 is 11.1. The predicted molar refractivity (Wildman–Crippen MR) is 72.2 cm³/mol. The predicted octanol–water partition coefficient (Wildman–Crippen LogP) is 1.88. The molecule has 4 heteroatoms. The fourth-order valence-corrected chi connectivity index (χ4v) is 3.47. The van der Waals surface area contributed by atoms with E-state index in [2.05, 4.69) is 0 Å². The van der Waals surface area contributed by atoms with E-state index in [4.69, 9.17) is 9.47 Å². The van der Waals surface area contributed by atoms with Crippen molar-refractivity contribution in [1.82, 2.24) is 0 Å². The van der Waals surface area contributed by atoms with Gasteiger partial charge in [0.15, 0.2) is 0 Å². The van der Waals surface area contributed by atoms with Gasteiger partial charge in [-0.05, 0) is 38.0 Å². The average molecular weight is 254 g/mol. The molecule has 0 saturated heterocycles. The maximum Gasteiger partial charge on any atom is 0.134 e. The van der Waals surface area contributed by atoms with E-state index in [0.717, 1.165) is 25.7 Å². The molecule has 0 aromatic heterocycles. The Morgan fingerprint density at radius 2 is 1.71 bits per heavy atom. The van der Waals surface area contributed by atoms with Gasteiger partial charge in [-0.1, -0.05) is 18.2 Å². The van der Waals surface area contributed by atoms with Crippen molar-refractivity contribution >= 4 is 9.52 Å². The molecule has 0 aliphatic heterocycles. The van der Waals surface area contributed by atoms with Gasteiger partial charge in [0, 0.05) is 13.2 Å². The molecular weight excluding hydrogens is 232 g/mol. The molecule has 0 bridgehead atoms. The highest BCUT2D eigenvalue weighted by Gasteiger charge is 2.07. The normalized spacial score (nSPS) is 11.7. The van der Waals surface area contributed by atoms with E-state index in [9.17, 15) is 5.11 Å². The first-order chi connectivity index (χ1) is 8.26. The minimum Gasteiger partial charge on any atom is -0.508 e. The molecule has 1 aromatic rings. The summed E-state index contributed by atoms with van der Waals surface area (Å²) in [6, 6.07) is 8.58. The lowest BCUT2D eigenvalue weighted by Crippen LogP contribution is -2.24. The van der Waals surface area contributed by atoms with Crippen LogP contribution in [0.15, 0.2) is 24.3 Å². The molecule has 0 unspecified atom stereocenters. The SMILES string of the molecule is CCOC(OCC)[SiH2]CCc1ccc(O)cc1. The molecule has 0 amide bonds. The maximum atomic E-state index is 9.18. The van der Waals surface area contributed by atoms with Gasteiger partial charge in [-0.25, -0.2) is 0 Å². The first kappa shape index (κ1) is 14.2. The Kier molecular flexibility index (Phi) is 6.92. The minimum atomic E-state index is -0.357. The third kappa shape index (κ3) is 5.86. The zero-order valence-corrected chi connectivity index (χ0v) is 12.1. The number of aryl methyl sites for hydroxylation is 1. The molecule has 1 rings (SSSR count). The van der Waals surface area contributed by atoms with Gasteiger partial charge in [0.1, 0.15) is 11.7 Å². The van der Waals surface area contributed by atoms with Crippen LogP contribution in [0.4, 0.5) is 0 Å². The largest absolute Gasteiger partial charge is 0.508 e. The molecule has 3 nitrogen and oxygen atoms in total. The highest BCUT2D eigenvalue weighted by atomic mass is 28.2. The summed E-state index contributed by atoms with van der Waals surface area (Å²) in [5.41, 5.74) is 1.27. The lowest BCUT2D eigenvalue weighted by molar-refractivity contribution is -0.0827. The Balaban J connectivity index is 2.27. The van der Waals surface area contributed by atoms with E-state index >= 15 is 0 Å². The highest BCUT2D eigenvalue weighted by molar-refractivity contribution is 6.36. The fraction of sp³-hybridized carbons (Fsp3) is 0.538. The molecule has 96 valence electrons. The van der Waals surface area contributed by atoms with Gasteiger partial charge in [-0.15, -0.1) is 0 Å². The highest BCUT2D eigenvalue weighted by Crippen LogP contribution is 2.11. The van der Waals surface area contributed by atoms with Gasteiger partial charge in [0.2, 0.25) is 0 Å². The van der Waals surface area contributed by atoms with Gasteiger partial charge >= 0.3 is 0 Å². The number of phenols is 1.